The lowest BCUT2D eigenvalue weighted by molar-refractivity contribution is -0.149. The van der Waals surface area contributed by atoms with E-state index in [0.717, 1.165) is 38.5 Å². The summed E-state index contributed by atoms with van der Waals surface area (Å²) in [5.41, 5.74) is 11.2. The molecule has 3 unspecified atom stereocenters. The van der Waals surface area contributed by atoms with Crippen LogP contribution in [0.15, 0.2) is 12.7 Å². The number of hydrogen-bond donors (Lipinski definition) is 3. The number of rotatable bonds is 19. The minimum Gasteiger partial charge on any atom is -0.465 e. The van der Waals surface area contributed by atoms with Gasteiger partial charge in [-0.15, -0.1) is 0 Å². The third-order valence-corrected chi connectivity index (χ3v) is 7.31. The summed E-state index contributed by atoms with van der Waals surface area (Å²) in [5, 5.41) is 2.81. The summed E-state index contributed by atoms with van der Waals surface area (Å²) in [5.74, 6) is -0.400. The minimum atomic E-state index is -1.95. The number of aromatic nitrogens is 4. The average molecular weight is 613 g/mol. The second kappa shape index (κ2) is 20.2. The fourth-order valence-electron chi connectivity index (χ4n) is 3.65. The van der Waals surface area contributed by atoms with Crippen LogP contribution >= 0.6 is 7.95 Å². The third-order valence-electron chi connectivity index (χ3n) is 6.12. The maximum Gasteiger partial charge on any atom is 0.461 e. The van der Waals surface area contributed by atoms with Crippen molar-refractivity contribution in [3.63, 3.8) is 0 Å². The summed E-state index contributed by atoms with van der Waals surface area (Å²) in [6, 6.07) is -0.490. The van der Waals surface area contributed by atoms with Crippen molar-refractivity contribution in [2.75, 3.05) is 25.3 Å². The zero-order chi connectivity index (χ0) is 31.5. The van der Waals surface area contributed by atoms with Gasteiger partial charge in [0.15, 0.2) is 17.0 Å². The monoisotopic (exact) mass is 612 g/mol. The van der Waals surface area contributed by atoms with Crippen molar-refractivity contribution in [1.29, 1.82) is 0 Å². The van der Waals surface area contributed by atoms with E-state index in [1.165, 1.54) is 19.2 Å². The van der Waals surface area contributed by atoms with Crippen LogP contribution in [0.25, 0.3) is 11.2 Å². The number of nitrogens with zero attached hydrogens (tertiary/aromatic N) is 4. The van der Waals surface area contributed by atoms with Gasteiger partial charge in [-0.3, -0.25) is 4.79 Å². The Morgan fingerprint density at radius 2 is 1.62 bits per heavy atom. The topological polar surface area (TPSA) is 187 Å². The third kappa shape index (κ3) is 14.4. The lowest BCUT2D eigenvalue weighted by Gasteiger charge is -2.18. The van der Waals surface area contributed by atoms with E-state index in [1.54, 1.807) is 31.7 Å². The number of esters is 2. The Kier molecular flexibility index (Phi) is 18.0. The Morgan fingerprint density at radius 1 is 1.00 bits per heavy atom. The molecule has 2 aromatic rings. The lowest BCUT2D eigenvalue weighted by atomic mass is 10.1. The molecule has 42 heavy (non-hydrogen) atoms. The number of nitrogens with one attached hydrogen (secondary N) is 1. The minimum absolute atomic E-state index is 0.0343. The number of nitrogen functional groups attached to an aromatic ring is 1. The van der Waals surface area contributed by atoms with Crippen LogP contribution in [-0.4, -0.2) is 68.7 Å². The molecule has 0 amide bonds. The predicted molar refractivity (Wildman–Crippen MR) is 164 cm³/mol. The van der Waals surface area contributed by atoms with Gasteiger partial charge in [-0.1, -0.05) is 57.5 Å². The molecule has 0 aromatic carbocycles. The average Bonchev–Trinajstić information content (AvgIpc) is 3.35. The molecule has 0 aliphatic heterocycles. The molecule has 238 valence electrons. The van der Waals surface area contributed by atoms with E-state index >= 15 is 0 Å². The molecular formula is C28H51N7O6P+. The number of unbranched alkanes of at least 4 members (excludes halogenated alkanes) is 6. The fraction of sp³-hybridized carbons (Fsp3) is 0.750. The SMILES string of the molecule is CCCCCCOC(=O)C(C)(C)N[P+](=O)COC(C)Cn1cnc2c(N)ncnc21.CCCCCCOC(=O)C(C)N. The van der Waals surface area contributed by atoms with Crippen molar-refractivity contribution in [3.8, 4) is 0 Å². The number of carbonyl (C=O) groups is 2. The fourth-order valence-corrected chi connectivity index (χ4v) is 4.82. The van der Waals surface area contributed by atoms with Crippen LogP contribution in [0.5, 0.6) is 0 Å². The van der Waals surface area contributed by atoms with Gasteiger partial charge in [0.1, 0.15) is 17.9 Å². The van der Waals surface area contributed by atoms with Crippen LogP contribution in [-0.2, 0) is 34.9 Å². The summed E-state index contributed by atoms with van der Waals surface area (Å²) >= 11 is 0. The van der Waals surface area contributed by atoms with Gasteiger partial charge in [-0.05, 0) is 45.1 Å². The van der Waals surface area contributed by atoms with Gasteiger partial charge in [-0.25, -0.2) is 19.7 Å². The molecule has 5 N–H and O–H groups in total. The number of fused-ring (bicyclic) bond motifs is 1. The largest absolute Gasteiger partial charge is 0.465 e. The number of carbonyl (C=O) groups excluding carboxylic acids is 2. The van der Waals surface area contributed by atoms with Gasteiger partial charge in [0, 0.05) is 0 Å². The molecule has 2 heterocycles. The number of ether oxygens (including phenoxy) is 3. The molecule has 0 aliphatic carbocycles. The van der Waals surface area contributed by atoms with E-state index in [4.69, 9.17) is 25.7 Å². The van der Waals surface area contributed by atoms with E-state index in [1.807, 2.05) is 6.92 Å². The highest BCUT2D eigenvalue weighted by atomic mass is 31.1. The molecule has 0 saturated carbocycles. The Morgan fingerprint density at radius 3 is 2.21 bits per heavy atom. The van der Waals surface area contributed by atoms with Crippen LogP contribution in [0.2, 0.25) is 0 Å². The van der Waals surface area contributed by atoms with E-state index in [9.17, 15) is 14.2 Å². The highest BCUT2D eigenvalue weighted by Gasteiger charge is 2.37. The molecule has 3 atom stereocenters. The Bertz CT molecular complexity index is 1100. The Hall–Kier alpha value is -2.73. The van der Waals surface area contributed by atoms with Gasteiger partial charge >= 0.3 is 19.9 Å². The van der Waals surface area contributed by atoms with Crippen molar-refractivity contribution >= 4 is 36.9 Å². The van der Waals surface area contributed by atoms with Crippen LogP contribution in [0.4, 0.5) is 5.82 Å². The summed E-state index contributed by atoms with van der Waals surface area (Å²) in [4.78, 5) is 35.4. The molecule has 0 bridgehead atoms. The molecule has 0 aliphatic rings. The van der Waals surface area contributed by atoms with Gasteiger partial charge in [0.05, 0.1) is 32.2 Å². The van der Waals surface area contributed by atoms with Crippen molar-refractivity contribution < 1.29 is 28.4 Å². The van der Waals surface area contributed by atoms with Crippen molar-refractivity contribution in [2.24, 2.45) is 5.73 Å². The maximum atomic E-state index is 12.4. The first-order valence-electron chi connectivity index (χ1n) is 14.8. The van der Waals surface area contributed by atoms with E-state index in [2.05, 4.69) is 33.9 Å². The number of imidazole rings is 1. The van der Waals surface area contributed by atoms with Crippen LogP contribution < -0.4 is 16.6 Å². The molecule has 2 rings (SSSR count). The first kappa shape index (κ1) is 37.3. The second-order valence-corrected chi connectivity index (χ2v) is 12.0. The number of hydrogen-bond acceptors (Lipinski definition) is 11. The molecule has 13 nitrogen and oxygen atoms in total. The highest BCUT2D eigenvalue weighted by Crippen LogP contribution is 2.23. The predicted octanol–water partition coefficient (Wildman–Crippen LogP) is 4.46. The summed E-state index contributed by atoms with van der Waals surface area (Å²) in [6.07, 6.45) is 11.3. The van der Waals surface area contributed by atoms with Crippen LogP contribution in [0.3, 0.4) is 0 Å². The Balaban J connectivity index is 0.000000619. The lowest BCUT2D eigenvalue weighted by Crippen LogP contribution is -2.44. The standard InChI is InChI=1S/C19H32N6O4P.C9H19NO2/c1-5-6-7-8-9-28-18(26)19(3,4)24-30(27)13-29-14(2)10-25-12-23-15-16(20)21-11-22-17(15)25;1-3-4-5-6-7-12-9(11)8(2)10/h11-12,14H,5-10,13H2,1-4H3,(H,24,27)(H2,20,21,22);8H,3-7,10H2,1-2H3/q+1;. The molecule has 0 radical (unpaired) electrons. The van der Waals surface area contributed by atoms with Crippen molar-refractivity contribution in [3.05, 3.63) is 12.7 Å². The zero-order valence-corrected chi connectivity index (χ0v) is 27.0. The molecule has 0 spiro atoms. The maximum absolute atomic E-state index is 12.4. The molecule has 14 heteroatoms. The summed E-state index contributed by atoms with van der Waals surface area (Å²) in [7, 11) is -1.95. The van der Waals surface area contributed by atoms with Crippen LogP contribution in [0.1, 0.15) is 92.9 Å². The van der Waals surface area contributed by atoms with Crippen molar-refractivity contribution in [2.45, 2.75) is 117 Å². The van der Waals surface area contributed by atoms with Crippen molar-refractivity contribution in [1.82, 2.24) is 24.6 Å². The summed E-state index contributed by atoms with van der Waals surface area (Å²) in [6.45, 7) is 12.4. The first-order chi connectivity index (χ1) is 19.9. The summed E-state index contributed by atoms with van der Waals surface area (Å²) < 4.78 is 30.1. The van der Waals surface area contributed by atoms with E-state index < -0.39 is 25.5 Å². The van der Waals surface area contributed by atoms with Gasteiger partial charge in [0.25, 0.3) is 6.35 Å². The van der Waals surface area contributed by atoms with E-state index in [-0.39, 0.29) is 18.4 Å². The molecule has 0 fully saturated rings. The normalized spacial score (nSPS) is 13.2. The van der Waals surface area contributed by atoms with Crippen LogP contribution in [0, 0.1) is 0 Å². The van der Waals surface area contributed by atoms with Gasteiger partial charge in [-0.2, -0.15) is 0 Å². The molecule has 2 aromatic heterocycles. The van der Waals surface area contributed by atoms with Gasteiger partial charge < -0.3 is 30.2 Å². The smallest absolute Gasteiger partial charge is 0.461 e. The zero-order valence-electron chi connectivity index (χ0n) is 26.1. The highest BCUT2D eigenvalue weighted by molar-refractivity contribution is 7.42. The number of nitrogens with two attached hydrogens (primary N) is 2. The van der Waals surface area contributed by atoms with Gasteiger partial charge in [0.2, 0.25) is 0 Å². The number of anilines is 1. The Labute approximate surface area is 250 Å². The quantitative estimate of drug-likeness (QED) is 0.115. The molecule has 0 saturated heterocycles. The second-order valence-electron chi connectivity index (χ2n) is 10.8. The molecular weight excluding hydrogens is 561 g/mol. The van der Waals surface area contributed by atoms with E-state index in [0.29, 0.717) is 36.7 Å². The first-order valence-corrected chi connectivity index (χ1v) is 16.2.